The lowest BCUT2D eigenvalue weighted by molar-refractivity contribution is -0.159. The van der Waals surface area contributed by atoms with E-state index >= 15 is 0 Å². The van der Waals surface area contributed by atoms with Crippen molar-refractivity contribution in [3.63, 3.8) is 0 Å². The molecule has 0 heterocycles. The molecule has 13 heavy (non-hydrogen) atoms. The SMILES string of the molecule is C=CC(=O)N(CC(F)(F)F)C1CC1. The molecular formula is C8H10F3NO. The number of halogens is 3. The fourth-order valence-corrected chi connectivity index (χ4v) is 1.08. The van der Waals surface area contributed by atoms with E-state index in [0.717, 1.165) is 11.0 Å². The van der Waals surface area contributed by atoms with Gasteiger partial charge in [0, 0.05) is 6.04 Å². The van der Waals surface area contributed by atoms with E-state index in [1.54, 1.807) is 0 Å². The van der Waals surface area contributed by atoms with E-state index in [2.05, 4.69) is 6.58 Å². The Morgan fingerprint density at radius 1 is 1.54 bits per heavy atom. The molecule has 0 aromatic rings. The minimum Gasteiger partial charge on any atom is -0.327 e. The van der Waals surface area contributed by atoms with Crippen molar-refractivity contribution in [3.05, 3.63) is 12.7 Å². The zero-order valence-electron chi connectivity index (χ0n) is 6.97. The molecular weight excluding hydrogens is 183 g/mol. The summed E-state index contributed by atoms with van der Waals surface area (Å²) < 4.78 is 35.9. The number of rotatable bonds is 3. The molecule has 5 heteroatoms. The van der Waals surface area contributed by atoms with Crippen molar-refractivity contribution in [2.24, 2.45) is 0 Å². The van der Waals surface area contributed by atoms with Gasteiger partial charge < -0.3 is 4.90 Å². The van der Waals surface area contributed by atoms with Crippen LogP contribution in [0.15, 0.2) is 12.7 Å². The Morgan fingerprint density at radius 2 is 2.08 bits per heavy atom. The van der Waals surface area contributed by atoms with Gasteiger partial charge >= 0.3 is 6.18 Å². The van der Waals surface area contributed by atoms with Crippen LogP contribution in [0.4, 0.5) is 13.2 Å². The maximum atomic E-state index is 12.0. The van der Waals surface area contributed by atoms with Crippen LogP contribution >= 0.6 is 0 Å². The summed E-state index contributed by atoms with van der Waals surface area (Å²) in [4.78, 5) is 11.8. The van der Waals surface area contributed by atoms with E-state index in [0.29, 0.717) is 12.8 Å². The molecule has 0 N–H and O–H groups in total. The zero-order chi connectivity index (χ0) is 10.1. The number of carbonyl (C=O) groups excluding carboxylic acids is 1. The monoisotopic (exact) mass is 193 g/mol. The number of hydrogen-bond donors (Lipinski definition) is 0. The van der Waals surface area contributed by atoms with Crippen LogP contribution in [0.1, 0.15) is 12.8 Å². The molecule has 2 nitrogen and oxygen atoms in total. The largest absolute Gasteiger partial charge is 0.406 e. The Labute approximate surface area is 74.0 Å². The molecule has 0 unspecified atom stereocenters. The molecule has 1 saturated carbocycles. The van der Waals surface area contributed by atoms with Gasteiger partial charge in [-0.05, 0) is 18.9 Å². The van der Waals surface area contributed by atoms with Gasteiger partial charge in [-0.2, -0.15) is 13.2 Å². The van der Waals surface area contributed by atoms with E-state index in [-0.39, 0.29) is 6.04 Å². The molecule has 0 radical (unpaired) electrons. The Hall–Kier alpha value is -1.00. The molecule has 1 aliphatic rings. The Morgan fingerprint density at radius 3 is 2.38 bits per heavy atom. The average molecular weight is 193 g/mol. The lowest BCUT2D eigenvalue weighted by atomic mass is 10.4. The minimum absolute atomic E-state index is 0.230. The standard InChI is InChI=1S/C8H10F3NO/c1-2-7(13)12(6-3-4-6)5-8(9,10)11/h2,6H,1,3-5H2. The summed E-state index contributed by atoms with van der Waals surface area (Å²) >= 11 is 0. The third-order valence-electron chi connectivity index (χ3n) is 1.79. The molecule has 1 amide bonds. The predicted molar refractivity (Wildman–Crippen MR) is 41.0 cm³/mol. The molecule has 74 valence electrons. The van der Waals surface area contributed by atoms with Gasteiger partial charge in [-0.3, -0.25) is 4.79 Å². The first-order chi connectivity index (χ1) is 5.94. The van der Waals surface area contributed by atoms with E-state index in [4.69, 9.17) is 0 Å². The highest BCUT2D eigenvalue weighted by molar-refractivity contribution is 5.87. The molecule has 0 aromatic heterocycles. The summed E-state index contributed by atoms with van der Waals surface area (Å²) in [6.07, 6.45) is -2.07. The van der Waals surface area contributed by atoms with E-state index in [9.17, 15) is 18.0 Å². The fourth-order valence-electron chi connectivity index (χ4n) is 1.08. The Balaban J connectivity index is 2.57. The molecule has 0 atom stereocenters. The molecule has 1 aliphatic carbocycles. The Kier molecular flexibility index (Phi) is 2.63. The van der Waals surface area contributed by atoms with Crippen molar-refractivity contribution in [2.75, 3.05) is 6.54 Å². The van der Waals surface area contributed by atoms with Crippen LogP contribution in [0.5, 0.6) is 0 Å². The van der Waals surface area contributed by atoms with Gasteiger partial charge in [0.2, 0.25) is 5.91 Å². The number of hydrogen-bond acceptors (Lipinski definition) is 1. The number of carbonyl (C=O) groups is 1. The first-order valence-corrected chi connectivity index (χ1v) is 3.94. The molecule has 1 fully saturated rings. The van der Waals surface area contributed by atoms with Gasteiger partial charge in [0.1, 0.15) is 6.54 Å². The third kappa shape index (κ3) is 3.08. The molecule has 0 aliphatic heterocycles. The number of nitrogens with zero attached hydrogens (tertiary/aromatic N) is 1. The highest BCUT2D eigenvalue weighted by Crippen LogP contribution is 2.30. The second kappa shape index (κ2) is 3.40. The number of alkyl halides is 3. The van der Waals surface area contributed by atoms with Crippen molar-refractivity contribution in [1.82, 2.24) is 4.90 Å². The molecule has 0 bridgehead atoms. The van der Waals surface area contributed by atoms with Crippen LogP contribution < -0.4 is 0 Å². The highest BCUT2D eigenvalue weighted by atomic mass is 19.4. The Bertz CT molecular complexity index is 220. The summed E-state index contributed by atoms with van der Waals surface area (Å²) in [5.41, 5.74) is 0. The lowest BCUT2D eigenvalue weighted by Crippen LogP contribution is -2.39. The summed E-state index contributed by atoms with van der Waals surface area (Å²) in [5.74, 6) is -0.639. The van der Waals surface area contributed by atoms with Crippen molar-refractivity contribution < 1.29 is 18.0 Å². The van der Waals surface area contributed by atoms with Crippen molar-refractivity contribution in [2.45, 2.75) is 25.1 Å². The summed E-state index contributed by atoms with van der Waals surface area (Å²) in [7, 11) is 0. The van der Waals surface area contributed by atoms with Crippen LogP contribution in [-0.2, 0) is 4.79 Å². The topological polar surface area (TPSA) is 20.3 Å². The lowest BCUT2D eigenvalue weighted by Gasteiger charge is -2.21. The zero-order valence-corrected chi connectivity index (χ0v) is 6.97. The van der Waals surface area contributed by atoms with Crippen molar-refractivity contribution in [1.29, 1.82) is 0 Å². The van der Waals surface area contributed by atoms with Crippen LogP contribution in [0.3, 0.4) is 0 Å². The average Bonchev–Trinajstić information content (AvgIpc) is 2.79. The van der Waals surface area contributed by atoms with Crippen LogP contribution in [0.2, 0.25) is 0 Å². The molecule has 1 rings (SSSR count). The van der Waals surface area contributed by atoms with Crippen molar-refractivity contribution in [3.8, 4) is 0 Å². The van der Waals surface area contributed by atoms with Crippen LogP contribution in [-0.4, -0.2) is 29.6 Å². The first kappa shape index (κ1) is 10.1. The summed E-state index contributed by atoms with van der Waals surface area (Å²) in [6.45, 7) is 2.00. The van der Waals surface area contributed by atoms with Gasteiger partial charge in [-0.15, -0.1) is 0 Å². The van der Waals surface area contributed by atoms with Crippen LogP contribution in [0.25, 0.3) is 0 Å². The molecule has 0 saturated heterocycles. The normalized spacial score (nSPS) is 16.8. The first-order valence-electron chi connectivity index (χ1n) is 3.94. The van der Waals surface area contributed by atoms with Crippen LogP contribution in [0, 0.1) is 0 Å². The van der Waals surface area contributed by atoms with E-state index in [1.807, 2.05) is 0 Å². The van der Waals surface area contributed by atoms with Crippen molar-refractivity contribution >= 4 is 5.91 Å². The molecule has 0 spiro atoms. The second-order valence-electron chi connectivity index (χ2n) is 3.02. The fraction of sp³-hybridized carbons (Fsp3) is 0.625. The number of amides is 1. The quantitative estimate of drug-likeness (QED) is 0.625. The maximum absolute atomic E-state index is 12.0. The summed E-state index contributed by atoms with van der Waals surface area (Å²) in [6, 6.07) is -0.230. The maximum Gasteiger partial charge on any atom is 0.406 e. The minimum atomic E-state index is -4.32. The van der Waals surface area contributed by atoms with E-state index < -0.39 is 18.6 Å². The van der Waals surface area contributed by atoms with Gasteiger partial charge in [0.25, 0.3) is 0 Å². The predicted octanol–water partition coefficient (Wildman–Crippen LogP) is 1.73. The van der Waals surface area contributed by atoms with E-state index in [1.165, 1.54) is 0 Å². The molecule has 0 aromatic carbocycles. The van der Waals surface area contributed by atoms with Gasteiger partial charge in [0.15, 0.2) is 0 Å². The highest BCUT2D eigenvalue weighted by Gasteiger charge is 2.39. The summed E-state index contributed by atoms with van der Waals surface area (Å²) in [5, 5.41) is 0. The third-order valence-corrected chi connectivity index (χ3v) is 1.79. The van der Waals surface area contributed by atoms with Gasteiger partial charge in [-0.1, -0.05) is 6.58 Å². The van der Waals surface area contributed by atoms with Gasteiger partial charge in [0.05, 0.1) is 0 Å². The second-order valence-corrected chi connectivity index (χ2v) is 3.02. The van der Waals surface area contributed by atoms with Gasteiger partial charge in [-0.25, -0.2) is 0 Å². The smallest absolute Gasteiger partial charge is 0.327 e.